The van der Waals surface area contributed by atoms with Crippen molar-refractivity contribution in [3.05, 3.63) is 45.9 Å². The smallest absolute Gasteiger partial charge is 0.271 e. The van der Waals surface area contributed by atoms with E-state index in [9.17, 15) is 4.79 Å². The van der Waals surface area contributed by atoms with Crippen molar-refractivity contribution < 1.29 is 9.53 Å². The molecular formula is C15H20ClN3O2S. The summed E-state index contributed by atoms with van der Waals surface area (Å²) in [6, 6.07) is 7.68. The highest BCUT2D eigenvalue weighted by Crippen LogP contribution is 2.14. The Hall–Kier alpha value is -1.63. The predicted octanol–water partition coefficient (Wildman–Crippen LogP) is 2.39. The summed E-state index contributed by atoms with van der Waals surface area (Å²) in [6.45, 7) is 3.55. The Morgan fingerprint density at radius 3 is 3.00 bits per heavy atom. The molecule has 2 aromatic rings. The lowest BCUT2D eigenvalue weighted by atomic mass is 10.2. The number of hydrogen-bond acceptors (Lipinski definition) is 5. The maximum Gasteiger partial charge on any atom is 0.271 e. The highest BCUT2D eigenvalue weighted by atomic mass is 35.5. The summed E-state index contributed by atoms with van der Waals surface area (Å²) in [5.41, 5.74) is 6.91. The van der Waals surface area contributed by atoms with Gasteiger partial charge >= 0.3 is 0 Å². The number of amides is 1. The van der Waals surface area contributed by atoms with Crippen molar-refractivity contribution in [1.82, 2.24) is 10.3 Å². The summed E-state index contributed by atoms with van der Waals surface area (Å²) in [4.78, 5) is 16.3. The Morgan fingerprint density at radius 2 is 2.27 bits per heavy atom. The first kappa shape index (κ1) is 18.4. The number of hydrogen-bond donors (Lipinski definition) is 2. The number of benzene rings is 1. The Morgan fingerprint density at radius 1 is 1.45 bits per heavy atom. The number of carbonyl (C=O) groups excluding carboxylic acids is 1. The fraction of sp³-hybridized carbons (Fsp3) is 0.333. The van der Waals surface area contributed by atoms with E-state index in [-0.39, 0.29) is 18.3 Å². The number of nitrogens with two attached hydrogens (primary N) is 1. The molecule has 0 saturated heterocycles. The summed E-state index contributed by atoms with van der Waals surface area (Å²) < 4.78 is 5.43. The molecule has 1 heterocycles. The van der Waals surface area contributed by atoms with Gasteiger partial charge in [0, 0.05) is 18.3 Å². The van der Waals surface area contributed by atoms with Gasteiger partial charge in [-0.2, -0.15) is 0 Å². The summed E-state index contributed by atoms with van der Waals surface area (Å²) in [6.07, 6.45) is 0.703. The van der Waals surface area contributed by atoms with Crippen molar-refractivity contribution >= 4 is 29.7 Å². The molecule has 0 bridgehead atoms. The van der Waals surface area contributed by atoms with Gasteiger partial charge in [0.25, 0.3) is 5.91 Å². The average molecular weight is 342 g/mol. The van der Waals surface area contributed by atoms with Gasteiger partial charge in [-0.15, -0.1) is 23.7 Å². The van der Waals surface area contributed by atoms with Crippen molar-refractivity contribution in [1.29, 1.82) is 0 Å². The van der Waals surface area contributed by atoms with Gasteiger partial charge in [-0.1, -0.05) is 12.1 Å². The SMILES string of the molecule is CCOc1cccc(CNC(=O)c2csc(CCN)n2)c1.Cl. The molecule has 0 spiro atoms. The molecule has 0 radical (unpaired) electrons. The van der Waals surface area contributed by atoms with Crippen molar-refractivity contribution in [2.24, 2.45) is 5.73 Å². The monoisotopic (exact) mass is 341 g/mol. The molecule has 0 unspecified atom stereocenters. The van der Waals surface area contributed by atoms with Crippen molar-refractivity contribution in [3.8, 4) is 5.75 Å². The van der Waals surface area contributed by atoms with E-state index in [0.29, 0.717) is 31.8 Å². The molecule has 1 amide bonds. The van der Waals surface area contributed by atoms with Crippen LogP contribution in [0.5, 0.6) is 5.75 Å². The maximum atomic E-state index is 12.0. The minimum atomic E-state index is -0.170. The molecule has 0 fully saturated rings. The summed E-state index contributed by atoms with van der Waals surface area (Å²) in [7, 11) is 0. The summed E-state index contributed by atoms with van der Waals surface area (Å²) in [5.74, 6) is 0.638. The molecule has 5 nitrogen and oxygen atoms in total. The topological polar surface area (TPSA) is 77.2 Å². The molecular weight excluding hydrogens is 322 g/mol. The molecule has 7 heteroatoms. The molecule has 1 aromatic carbocycles. The zero-order chi connectivity index (χ0) is 15.1. The first-order valence-electron chi connectivity index (χ1n) is 6.87. The molecule has 120 valence electrons. The number of rotatable bonds is 7. The third-order valence-corrected chi connectivity index (χ3v) is 3.71. The van der Waals surface area contributed by atoms with Crippen LogP contribution in [-0.2, 0) is 13.0 Å². The van der Waals surface area contributed by atoms with Crippen LogP contribution in [0.2, 0.25) is 0 Å². The van der Waals surface area contributed by atoms with E-state index in [0.717, 1.165) is 16.3 Å². The summed E-state index contributed by atoms with van der Waals surface area (Å²) in [5, 5.41) is 5.51. The predicted molar refractivity (Wildman–Crippen MR) is 90.9 cm³/mol. The van der Waals surface area contributed by atoms with Gasteiger partial charge in [-0.25, -0.2) is 4.98 Å². The van der Waals surface area contributed by atoms with Crippen LogP contribution in [0.3, 0.4) is 0 Å². The van der Waals surface area contributed by atoms with Gasteiger partial charge in [0.1, 0.15) is 11.4 Å². The number of carbonyl (C=O) groups is 1. The van der Waals surface area contributed by atoms with E-state index in [1.54, 1.807) is 5.38 Å². The first-order chi connectivity index (χ1) is 10.2. The fourth-order valence-electron chi connectivity index (χ4n) is 1.84. The van der Waals surface area contributed by atoms with Crippen molar-refractivity contribution in [3.63, 3.8) is 0 Å². The van der Waals surface area contributed by atoms with Gasteiger partial charge in [0.05, 0.1) is 11.6 Å². The van der Waals surface area contributed by atoms with Gasteiger partial charge in [-0.3, -0.25) is 4.79 Å². The quantitative estimate of drug-likeness (QED) is 0.810. The largest absolute Gasteiger partial charge is 0.494 e. The van der Waals surface area contributed by atoms with Crippen LogP contribution in [0.15, 0.2) is 29.6 Å². The van der Waals surface area contributed by atoms with Gasteiger partial charge in [-0.05, 0) is 31.2 Å². The van der Waals surface area contributed by atoms with E-state index in [1.165, 1.54) is 11.3 Å². The standard InChI is InChI=1S/C15H19N3O2S.ClH/c1-2-20-12-5-3-4-11(8-12)9-17-15(19)13-10-21-14(18-13)6-7-16;/h3-5,8,10H,2,6-7,9,16H2,1H3,(H,17,19);1H. The summed E-state index contributed by atoms with van der Waals surface area (Å²) >= 11 is 1.46. The lowest BCUT2D eigenvalue weighted by Crippen LogP contribution is -2.23. The second kappa shape index (κ2) is 9.40. The lowest BCUT2D eigenvalue weighted by molar-refractivity contribution is 0.0946. The fourth-order valence-corrected chi connectivity index (χ4v) is 2.63. The molecule has 0 aliphatic carbocycles. The van der Waals surface area contributed by atoms with E-state index in [2.05, 4.69) is 10.3 Å². The van der Waals surface area contributed by atoms with Crippen LogP contribution in [0.4, 0.5) is 0 Å². The normalized spacial score (nSPS) is 9.91. The lowest BCUT2D eigenvalue weighted by Gasteiger charge is -2.07. The highest BCUT2D eigenvalue weighted by molar-refractivity contribution is 7.09. The number of nitrogens with one attached hydrogen (secondary N) is 1. The molecule has 0 aliphatic rings. The molecule has 0 saturated carbocycles. The Kier molecular flexibility index (Phi) is 7.87. The number of halogens is 1. The minimum Gasteiger partial charge on any atom is -0.494 e. The number of thiazole rings is 1. The third-order valence-electron chi connectivity index (χ3n) is 2.81. The van der Waals surface area contributed by atoms with Crippen LogP contribution in [0, 0.1) is 0 Å². The molecule has 0 atom stereocenters. The molecule has 2 rings (SSSR count). The van der Waals surface area contributed by atoms with Gasteiger partial charge in [0.2, 0.25) is 0 Å². The Balaban J connectivity index is 0.00000242. The average Bonchev–Trinajstić information content (AvgIpc) is 2.95. The van der Waals surface area contributed by atoms with Crippen LogP contribution in [0.1, 0.15) is 28.0 Å². The van der Waals surface area contributed by atoms with Gasteiger partial charge in [0.15, 0.2) is 0 Å². The molecule has 0 aliphatic heterocycles. The molecule has 3 N–H and O–H groups in total. The third kappa shape index (κ3) is 5.29. The van der Waals surface area contributed by atoms with E-state index in [1.807, 2.05) is 31.2 Å². The number of nitrogens with zero attached hydrogens (tertiary/aromatic N) is 1. The van der Waals surface area contributed by atoms with Crippen LogP contribution in [0.25, 0.3) is 0 Å². The van der Waals surface area contributed by atoms with E-state index in [4.69, 9.17) is 10.5 Å². The van der Waals surface area contributed by atoms with E-state index >= 15 is 0 Å². The first-order valence-corrected chi connectivity index (χ1v) is 7.75. The number of aromatic nitrogens is 1. The van der Waals surface area contributed by atoms with Crippen LogP contribution < -0.4 is 15.8 Å². The molecule has 1 aromatic heterocycles. The Labute approximate surface area is 140 Å². The highest BCUT2D eigenvalue weighted by Gasteiger charge is 2.10. The number of ether oxygens (including phenoxy) is 1. The van der Waals surface area contributed by atoms with Crippen molar-refractivity contribution in [2.75, 3.05) is 13.2 Å². The second-order valence-electron chi connectivity index (χ2n) is 4.43. The van der Waals surface area contributed by atoms with Crippen LogP contribution in [-0.4, -0.2) is 24.0 Å². The maximum absolute atomic E-state index is 12.0. The van der Waals surface area contributed by atoms with Crippen molar-refractivity contribution in [2.45, 2.75) is 19.9 Å². The van der Waals surface area contributed by atoms with Crippen LogP contribution >= 0.6 is 23.7 Å². The minimum absolute atomic E-state index is 0. The Bertz CT molecular complexity index is 604. The van der Waals surface area contributed by atoms with E-state index < -0.39 is 0 Å². The second-order valence-corrected chi connectivity index (χ2v) is 5.37. The zero-order valence-corrected chi connectivity index (χ0v) is 14.0. The molecule has 22 heavy (non-hydrogen) atoms. The zero-order valence-electron chi connectivity index (χ0n) is 12.4. The van der Waals surface area contributed by atoms with Gasteiger partial charge < -0.3 is 15.8 Å².